The van der Waals surface area contributed by atoms with Crippen LogP contribution in [0.4, 0.5) is 0 Å². The highest BCUT2D eigenvalue weighted by Gasteiger charge is 2.16. The SMILES string of the molecule is C=C(C)Cn1c(C(N)CCSC)nc2ccccc21. The Morgan fingerprint density at radius 2 is 2.21 bits per heavy atom. The molecular formula is C15H21N3S. The number of aromatic nitrogens is 2. The van der Waals surface area contributed by atoms with Crippen molar-refractivity contribution in [3.05, 3.63) is 42.2 Å². The van der Waals surface area contributed by atoms with Gasteiger partial charge in [0, 0.05) is 6.54 Å². The van der Waals surface area contributed by atoms with Gasteiger partial charge in [-0.1, -0.05) is 24.3 Å². The Hall–Kier alpha value is -1.26. The van der Waals surface area contributed by atoms with Crippen LogP contribution in [0, 0.1) is 0 Å². The second kappa shape index (κ2) is 6.26. The lowest BCUT2D eigenvalue weighted by atomic mass is 10.2. The van der Waals surface area contributed by atoms with E-state index in [9.17, 15) is 0 Å². The third-order valence-corrected chi connectivity index (χ3v) is 3.72. The van der Waals surface area contributed by atoms with E-state index in [-0.39, 0.29) is 6.04 Å². The van der Waals surface area contributed by atoms with E-state index >= 15 is 0 Å². The van der Waals surface area contributed by atoms with E-state index in [0.717, 1.165) is 41.1 Å². The van der Waals surface area contributed by atoms with Crippen molar-refractivity contribution in [1.82, 2.24) is 9.55 Å². The molecule has 0 aliphatic carbocycles. The first-order chi connectivity index (χ1) is 9.13. The molecular weight excluding hydrogens is 254 g/mol. The average molecular weight is 275 g/mol. The maximum Gasteiger partial charge on any atom is 0.127 e. The molecule has 102 valence electrons. The van der Waals surface area contributed by atoms with Crippen molar-refractivity contribution in [3.63, 3.8) is 0 Å². The molecule has 0 spiro atoms. The third kappa shape index (κ3) is 3.19. The fourth-order valence-electron chi connectivity index (χ4n) is 2.19. The normalized spacial score (nSPS) is 12.8. The predicted molar refractivity (Wildman–Crippen MR) is 84.5 cm³/mol. The number of rotatable bonds is 6. The summed E-state index contributed by atoms with van der Waals surface area (Å²) < 4.78 is 2.20. The van der Waals surface area contributed by atoms with Gasteiger partial charge in [0.25, 0.3) is 0 Å². The first-order valence-electron chi connectivity index (χ1n) is 6.47. The van der Waals surface area contributed by atoms with E-state index in [2.05, 4.69) is 23.5 Å². The smallest absolute Gasteiger partial charge is 0.127 e. The molecule has 19 heavy (non-hydrogen) atoms. The van der Waals surface area contributed by atoms with Crippen LogP contribution in [0.25, 0.3) is 11.0 Å². The van der Waals surface area contributed by atoms with E-state index < -0.39 is 0 Å². The second-order valence-corrected chi connectivity index (χ2v) is 5.88. The standard InChI is InChI=1S/C15H21N3S/c1-11(2)10-18-14-7-5-4-6-13(14)17-15(18)12(16)8-9-19-3/h4-7,12H,1,8-10,16H2,2-3H3. The van der Waals surface area contributed by atoms with Gasteiger partial charge in [0.2, 0.25) is 0 Å². The molecule has 2 rings (SSSR count). The van der Waals surface area contributed by atoms with Gasteiger partial charge in [-0.25, -0.2) is 4.98 Å². The van der Waals surface area contributed by atoms with Crippen molar-refractivity contribution in [2.75, 3.05) is 12.0 Å². The summed E-state index contributed by atoms with van der Waals surface area (Å²) in [7, 11) is 0. The summed E-state index contributed by atoms with van der Waals surface area (Å²) in [6.07, 6.45) is 3.05. The number of nitrogens with zero attached hydrogens (tertiary/aromatic N) is 2. The molecule has 3 nitrogen and oxygen atoms in total. The zero-order valence-electron chi connectivity index (χ0n) is 11.6. The molecule has 2 N–H and O–H groups in total. The molecule has 0 bridgehead atoms. The van der Waals surface area contributed by atoms with E-state index in [1.165, 1.54) is 0 Å². The molecule has 0 aliphatic heterocycles. The van der Waals surface area contributed by atoms with Crippen LogP contribution in [0.1, 0.15) is 25.2 Å². The molecule has 0 amide bonds. The first-order valence-corrected chi connectivity index (χ1v) is 7.87. The Morgan fingerprint density at radius 1 is 1.47 bits per heavy atom. The van der Waals surface area contributed by atoms with Gasteiger partial charge in [-0.15, -0.1) is 0 Å². The van der Waals surface area contributed by atoms with Crippen LogP contribution in [-0.4, -0.2) is 21.6 Å². The molecule has 0 saturated carbocycles. The van der Waals surface area contributed by atoms with Crippen molar-refractivity contribution in [3.8, 4) is 0 Å². The third-order valence-electron chi connectivity index (χ3n) is 3.08. The summed E-state index contributed by atoms with van der Waals surface area (Å²) in [6.45, 7) is 6.82. The van der Waals surface area contributed by atoms with Gasteiger partial charge in [-0.2, -0.15) is 11.8 Å². The lowest BCUT2D eigenvalue weighted by molar-refractivity contribution is 0.607. The van der Waals surface area contributed by atoms with Crippen LogP contribution in [-0.2, 0) is 6.54 Å². The Bertz CT molecular complexity index is 574. The van der Waals surface area contributed by atoms with Crippen molar-refractivity contribution in [2.24, 2.45) is 5.73 Å². The second-order valence-electron chi connectivity index (χ2n) is 4.89. The quantitative estimate of drug-likeness (QED) is 0.822. The van der Waals surface area contributed by atoms with Crippen molar-refractivity contribution >= 4 is 22.8 Å². The van der Waals surface area contributed by atoms with Gasteiger partial charge in [-0.05, 0) is 37.5 Å². The minimum Gasteiger partial charge on any atom is -0.323 e. The topological polar surface area (TPSA) is 43.8 Å². The molecule has 1 aromatic carbocycles. The molecule has 1 heterocycles. The Labute approximate surface area is 118 Å². The van der Waals surface area contributed by atoms with Gasteiger partial charge >= 0.3 is 0 Å². The molecule has 0 saturated heterocycles. The van der Waals surface area contributed by atoms with Gasteiger partial charge in [-0.3, -0.25) is 0 Å². The van der Waals surface area contributed by atoms with Crippen molar-refractivity contribution in [1.29, 1.82) is 0 Å². The number of para-hydroxylation sites is 2. The lowest BCUT2D eigenvalue weighted by Gasteiger charge is -2.14. The number of thioether (sulfide) groups is 1. The van der Waals surface area contributed by atoms with Gasteiger partial charge in [0.15, 0.2) is 0 Å². The van der Waals surface area contributed by atoms with Crippen LogP contribution < -0.4 is 5.73 Å². The van der Waals surface area contributed by atoms with Crippen molar-refractivity contribution in [2.45, 2.75) is 25.9 Å². The number of nitrogens with two attached hydrogens (primary N) is 1. The molecule has 2 aromatic rings. The molecule has 0 aliphatic rings. The minimum atomic E-state index is -0.0146. The Morgan fingerprint density at radius 3 is 2.89 bits per heavy atom. The van der Waals surface area contributed by atoms with Crippen LogP contribution >= 0.6 is 11.8 Å². The summed E-state index contributed by atoms with van der Waals surface area (Å²) in [5.41, 5.74) is 9.56. The maximum absolute atomic E-state index is 6.30. The highest BCUT2D eigenvalue weighted by Crippen LogP contribution is 2.23. The number of allylic oxidation sites excluding steroid dienone is 1. The number of benzene rings is 1. The Kier molecular flexibility index (Phi) is 4.66. The number of fused-ring (bicyclic) bond motifs is 1. The number of hydrogen-bond donors (Lipinski definition) is 1. The molecule has 1 aromatic heterocycles. The van der Waals surface area contributed by atoms with Gasteiger partial charge in [0.1, 0.15) is 5.82 Å². The monoisotopic (exact) mass is 275 g/mol. The minimum absolute atomic E-state index is 0.0146. The summed E-state index contributed by atoms with van der Waals surface area (Å²) in [5, 5.41) is 0. The van der Waals surface area contributed by atoms with Gasteiger partial charge < -0.3 is 10.3 Å². The highest BCUT2D eigenvalue weighted by molar-refractivity contribution is 7.98. The average Bonchev–Trinajstić information content (AvgIpc) is 2.74. The highest BCUT2D eigenvalue weighted by atomic mass is 32.2. The fourth-order valence-corrected chi connectivity index (χ4v) is 2.68. The summed E-state index contributed by atoms with van der Waals surface area (Å²) in [6, 6.07) is 8.16. The van der Waals surface area contributed by atoms with E-state index in [0.29, 0.717) is 0 Å². The molecule has 0 fully saturated rings. The molecule has 1 atom stereocenters. The first kappa shape index (κ1) is 14.2. The fraction of sp³-hybridized carbons (Fsp3) is 0.400. The van der Waals surface area contributed by atoms with E-state index in [4.69, 9.17) is 10.7 Å². The van der Waals surface area contributed by atoms with Gasteiger partial charge in [0.05, 0.1) is 17.1 Å². The maximum atomic E-state index is 6.30. The molecule has 0 radical (unpaired) electrons. The number of imidazole rings is 1. The summed E-state index contributed by atoms with van der Waals surface area (Å²) in [4.78, 5) is 4.71. The van der Waals surface area contributed by atoms with Crippen LogP contribution in [0.3, 0.4) is 0 Å². The largest absolute Gasteiger partial charge is 0.323 e. The van der Waals surface area contributed by atoms with Crippen molar-refractivity contribution < 1.29 is 0 Å². The Balaban J connectivity index is 2.43. The van der Waals surface area contributed by atoms with Crippen LogP contribution in [0.5, 0.6) is 0 Å². The predicted octanol–water partition coefficient (Wildman–Crippen LogP) is 3.37. The summed E-state index contributed by atoms with van der Waals surface area (Å²) >= 11 is 1.82. The van der Waals surface area contributed by atoms with E-state index in [1.807, 2.05) is 36.9 Å². The molecule has 1 unspecified atom stereocenters. The van der Waals surface area contributed by atoms with Crippen LogP contribution in [0.2, 0.25) is 0 Å². The van der Waals surface area contributed by atoms with E-state index in [1.54, 1.807) is 0 Å². The van der Waals surface area contributed by atoms with Crippen LogP contribution in [0.15, 0.2) is 36.4 Å². The zero-order valence-corrected chi connectivity index (χ0v) is 12.4. The molecule has 4 heteroatoms. The number of hydrogen-bond acceptors (Lipinski definition) is 3. The lowest BCUT2D eigenvalue weighted by Crippen LogP contribution is -2.18. The zero-order chi connectivity index (χ0) is 13.8. The summed E-state index contributed by atoms with van der Waals surface area (Å²) in [5.74, 6) is 2.02.